The van der Waals surface area contributed by atoms with E-state index < -0.39 is 5.91 Å². The van der Waals surface area contributed by atoms with Crippen LogP contribution in [0, 0.1) is 12.7 Å². The molecule has 0 spiro atoms. The Morgan fingerprint density at radius 2 is 1.88 bits per heavy atom. The average Bonchev–Trinajstić information content (AvgIpc) is 2.90. The molecule has 0 aliphatic rings. The number of furan rings is 1. The van der Waals surface area contributed by atoms with Crippen LogP contribution in [0.3, 0.4) is 0 Å². The molecule has 5 heteroatoms. The molecule has 2 aromatic carbocycles. The third kappa shape index (κ3) is 3.29. The summed E-state index contributed by atoms with van der Waals surface area (Å²) < 4.78 is 24.5. The Balaban J connectivity index is 1.99. The Morgan fingerprint density at radius 1 is 1.15 bits per heavy atom. The number of benzene rings is 2. The molecule has 136 valence electrons. The number of hydrogen-bond donors (Lipinski definition) is 1. The van der Waals surface area contributed by atoms with Crippen LogP contribution in [0.5, 0.6) is 5.75 Å². The van der Waals surface area contributed by atoms with Gasteiger partial charge in [-0.3, -0.25) is 4.79 Å². The van der Waals surface area contributed by atoms with Gasteiger partial charge in [0.2, 0.25) is 0 Å². The maximum atomic E-state index is 13.5. The number of carbonyl (C=O) groups excluding carboxylic acids is 1. The molecule has 0 aliphatic heterocycles. The van der Waals surface area contributed by atoms with Crippen molar-refractivity contribution in [3.8, 4) is 5.75 Å². The van der Waals surface area contributed by atoms with Crippen LogP contribution in [0.25, 0.3) is 11.0 Å². The molecule has 0 radical (unpaired) electrons. The predicted molar refractivity (Wildman–Crippen MR) is 101 cm³/mol. The lowest BCUT2D eigenvalue weighted by molar-refractivity contribution is 0.0997. The fourth-order valence-corrected chi connectivity index (χ4v) is 2.86. The maximum absolute atomic E-state index is 13.5. The zero-order valence-corrected chi connectivity index (χ0v) is 15.6. The van der Waals surface area contributed by atoms with Gasteiger partial charge in [0.15, 0.2) is 5.76 Å². The van der Waals surface area contributed by atoms with E-state index >= 15 is 0 Å². The van der Waals surface area contributed by atoms with Crippen molar-refractivity contribution in [3.05, 3.63) is 59.1 Å². The second kappa shape index (κ2) is 6.48. The van der Waals surface area contributed by atoms with Crippen molar-refractivity contribution in [1.82, 2.24) is 0 Å². The first-order chi connectivity index (χ1) is 12.2. The first-order valence-corrected chi connectivity index (χ1v) is 8.39. The fourth-order valence-electron chi connectivity index (χ4n) is 2.86. The highest BCUT2D eigenvalue weighted by molar-refractivity contribution is 6.07. The number of methoxy groups -OCH3 is 1. The maximum Gasteiger partial charge on any atom is 0.291 e. The van der Waals surface area contributed by atoms with Crippen molar-refractivity contribution in [3.63, 3.8) is 0 Å². The van der Waals surface area contributed by atoms with Crippen molar-refractivity contribution < 1.29 is 18.3 Å². The van der Waals surface area contributed by atoms with Crippen LogP contribution in [-0.4, -0.2) is 13.0 Å². The molecule has 0 saturated carbocycles. The van der Waals surface area contributed by atoms with E-state index in [0.717, 1.165) is 5.56 Å². The van der Waals surface area contributed by atoms with Crippen molar-refractivity contribution in [2.45, 2.75) is 33.1 Å². The number of anilines is 1. The van der Waals surface area contributed by atoms with Crippen LogP contribution in [-0.2, 0) is 5.41 Å². The lowest BCUT2D eigenvalue weighted by Crippen LogP contribution is -2.15. The SMILES string of the molecule is COc1ccc(C(C)(C)C)cc1NC(=O)c1oc2ccc(F)cc2c1C. The Bertz CT molecular complexity index is 983. The van der Waals surface area contributed by atoms with Gasteiger partial charge >= 0.3 is 0 Å². The van der Waals surface area contributed by atoms with Crippen LogP contribution in [0.1, 0.15) is 42.5 Å². The van der Waals surface area contributed by atoms with Gasteiger partial charge < -0.3 is 14.5 Å². The summed E-state index contributed by atoms with van der Waals surface area (Å²) >= 11 is 0. The summed E-state index contributed by atoms with van der Waals surface area (Å²) in [7, 11) is 1.55. The van der Waals surface area contributed by atoms with E-state index in [4.69, 9.17) is 9.15 Å². The molecule has 26 heavy (non-hydrogen) atoms. The minimum atomic E-state index is -0.400. The van der Waals surface area contributed by atoms with Crippen molar-refractivity contribution >= 4 is 22.6 Å². The lowest BCUT2D eigenvalue weighted by Gasteiger charge is -2.21. The molecule has 0 bridgehead atoms. The standard InChI is InChI=1S/C21H22FNO3/c1-12-15-11-14(22)7-9-17(15)26-19(12)20(24)23-16-10-13(21(2,3)4)6-8-18(16)25-5/h6-11H,1-5H3,(H,23,24). The van der Waals surface area contributed by atoms with Crippen LogP contribution in [0.4, 0.5) is 10.1 Å². The van der Waals surface area contributed by atoms with Crippen molar-refractivity contribution in [2.75, 3.05) is 12.4 Å². The normalized spacial score (nSPS) is 11.6. The van der Waals surface area contributed by atoms with Crippen LogP contribution < -0.4 is 10.1 Å². The summed E-state index contributed by atoms with van der Waals surface area (Å²) in [6.45, 7) is 8.03. The van der Waals surface area contributed by atoms with Gasteiger partial charge in [0.25, 0.3) is 5.91 Å². The van der Waals surface area contributed by atoms with E-state index in [9.17, 15) is 9.18 Å². The second-order valence-corrected chi connectivity index (χ2v) is 7.32. The monoisotopic (exact) mass is 355 g/mol. The van der Waals surface area contributed by atoms with Crippen LogP contribution >= 0.6 is 0 Å². The molecular weight excluding hydrogens is 333 g/mol. The molecule has 1 amide bonds. The Morgan fingerprint density at radius 3 is 2.54 bits per heavy atom. The Labute approximate surface area is 152 Å². The van der Waals surface area contributed by atoms with Crippen LogP contribution in [0.15, 0.2) is 40.8 Å². The quantitative estimate of drug-likeness (QED) is 0.681. The van der Waals surface area contributed by atoms with Gasteiger partial charge in [-0.1, -0.05) is 26.8 Å². The number of halogens is 1. The summed E-state index contributed by atoms with van der Waals surface area (Å²) in [5.41, 5.74) is 2.64. The molecule has 0 atom stereocenters. The smallest absolute Gasteiger partial charge is 0.291 e. The highest BCUT2D eigenvalue weighted by Crippen LogP contribution is 2.33. The molecule has 1 N–H and O–H groups in total. The van der Waals surface area contributed by atoms with E-state index in [1.165, 1.54) is 18.2 Å². The molecule has 0 unspecified atom stereocenters. The number of hydrogen-bond acceptors (Lipinski definition) is 3. The van der Waals surface area contributed by atoms with E-state index in [1.807, 2.05) is 18.2 Å². The third-order valence-corrected chi connectivity index (χ3v) is 4.42. The van der Waals surface area contributed by atoms with Crippen molar-refractivity contribution in [1.29, 1.82) is 0 Å². The Hall–Kier alpha value is -2.82. The third-order valence-electron chi connectivity index (χ3n) is 4.42. The molecular formula is C21H22FNO3. The first-order valence-electron chi connectivity index (χ1n) is 8.39. The summed E-state index contributed by atoms with van der Waals surface area (Å²) in [5.74, 6) is -0.0450. The minimum Gasteiger partial charge on any atom is -0.495 e. The van der Waals surface area contributed by atoms with Gasteiger partial charge in [-0.15, -0.1) is 0 Å². The van der Waals surface area contributed by atoms with Gasteiger partial charge in [0.1, 0.15) is 17.1 Å². The summed E-state index contributed by atoms with van der Waals surface area (Å²) in [5, 5.41) is 3.44. The molecule has 0 saturated heterocycles. The summed E-state index contributed by atoms with van der Waals surface area (Å²) in [6.07, 6.45) is 0. The number of aryl methyl sites for hydroxylation is 1. The van der Waals surface area contributed by atoms with Gasteiger partial charge in [-0.2, -0.15) is 0 Å². The van der Waals surface area contributed by atoms with Crippen molar-refractivity contribution in [2.24, 2.45) is 0 Å². The summed E-state index contributed by atoms with van der Waals surface area (Å²) in [6, 6.07) is 9.90. The number of rotatable bonds is 3. The van der Waals surface area contributed by atoms with Crippen LogP contribution in [0.2, 0.25) is 0 Å². The lowest BCUT2D eigenvalue weighted by atomic mass is 9.87. The Kier molecular flexibility index (Phi) is 4.48. The zero-order chi connectivity index (χ0) is 19.1. The van der Waals surface area contributed by atoms with Gasteiger partial charge in [-0.25, -0.2) is 4.39 Å². The summed E-state index contributed by atoms with van der Waals surface area (Å²) in [4.78, 5) is 12.8. The van der Waals surface area contributed by atoms with Gasteiger partial charge in [0.05, 0.1) is 12.8 Å². The first kappa shape index (κ1) is 18.0. The van der Waals surface area contributed by atoms with E-state index in [2.05, 4.69) is 26.1 Å². The average molecular weight is 355 g/mol. The zero-order valence-electron chi connectivity index (χ0n) is 15.6. The molecule has 1 heterocycles. The second-order valence-electron chi connectivity index (χ2n) is 7.32. The molecule has 1 aromatic heterocycles. The highest BCUT2D eigenvalue weighted by Gasteiger charge is 2.21. The highest BCUT2D eigenvalue weighted by atomic mass is 19.1. The largest absolute Gasteiger partial charge is 0.495 e. The number of fused-ring (bicyclic) bond motifs is 1. The number of amides is 1. The molecule has 3 rings (SSSR count). The topological polar surface area (TPSA) is 51.5 Å². The van der Waals surface area contributed by atoms with Gasteiger partial charge in [-0.05, 0) is 48.2 Å². The fraction of sp³-hybridized carbons (Fsp3) is 0.286. The predicted octanol–water partition coefficient (Wildman–Crippen LogP) is 5.44. The van der Waals surface area contributed by atoms with E-state index in [0.29, 0.717) is 28.0 Å². The van der Waals surface area contributed by atoms with E-state index in [-0.39, 0.29) is 17.0 Å². The molecule has 3 aromatic rings. The number of carbonyl (C=O) groups is 1. The number of nitrogens with one attached hydrogen (secondary N) is 1. The minimum absolute atomic E-state index is 0.0709. The molecule has 4 nitrogen and oxygen atoms in total. The number of ether oxygens (including phenoxy) is 1. The van der Waals surface area contributed by atoms with E-state index in [1.54, 1.807) is 14.0 Å². The van der Waals surface area contributed by atoms with Gasteiger partial charge in [0, 0.05) is 10.9 Å². The molecule has 0 aliphatic carbocycles. The molecule has 0 fully saturated rings.